The zero-order chi connectivity index (χ0) is 15.4. The minimum atomic E-state index is -0.894. The van der Waals surface area contributed by atoms with Crippen LogP contribution in [0.3, 0.4) is 0 Å². The molecule has 1 heterocycles. The smallest absolute Gasteiger partial charge is 0.339 e. The van der Waals surface area contributed by atoms with Gasteiger partial charge in [-0.15, -0.1) is 0 Å². The Balaban J connectivity index is 2.30. The van der Waals surface area contributed by atoms with Gasteiger partial charge in [0.15, 0.2) is 6.10 Å². The SMILES string of the molecule is C[C@@H](C#N)OC(=O)c1ccc(N2CCCC2)c([N+](=O)[O-])c1. The number of nitro groups is 1. The van der Waals surface area contributed by atoms with E-state index >= 15 is 0 Å². The Morgan fingerprint density at radius 2 is 2.14 bits per heavy atom. The number of nitro benzene ring substituents is 1. The van der Waals surface area contributed by atoms with E-state index in [9.17, 15) is 14.9 Å². The first-order valence-electron chi connectivity index (χ1n) is 6.67. The number of ether oxygens (including phenoxy) is 1. The molecule has 0 unspecified atom stereocenters. The van der Waals surface area contributed by atoms with Crippen molar-refractivity contribution in [2.45, 2.75) is 25.9 Å². The molecular formula is C14H15N3O4. The van der Waals surface area contributed by atoms with Gasteiger partial charge in [0.05, 0.1) is 10.5 Å². The summed E-state index contributed by atoms with van der Waals surface area (Å²) in [5, 5.41) is 19.8. The zero-order valence-corrected chi connectivity index (χ0v) is 11.6. The summed E-state index contributed by atoms with van der Waals surface area (Å²) in [6, 6.07) is 6.04. The van der Waals surface area contributed by atoms with Gasteiger partial charge in [-0.25, -0.2) is 4.79 Å². The van der Waals surface area contributed by atoms with Gasteiger partial charge in [0.1, 0.15) is 11.8 Å². The van der Waals surface area contributed by atoms with Crippen molar-refractivity contribution in [3.8, 4) is 6.07 Å². The number of carbonyl (C=O) groups is 1. The Kier molecular flexibility index (Phi) is 4.38. The third-order valence-corrected chi connectivity index (χ3v) is 3.32. The van der Waals surface area contributed by atoms with Crippen molar-refractivity contribution < 1.29 is 14.5 Å². The van der Waals surface area contributed by atoms with Gasteiger partial charge in [-0.2, -0.15) is 5.26 Å². The van der Waals surface area contributed by atoms with E-state index in [0.29, 0.717) is 5.69 Å². The molecule has 1 saturated heterocycles. The van der Waals surface area contributed by atoms with Crippen LogP contribution in [0.25, 0.3) is 0 Å². The van der Waals surface area contributed by atoms with Crippen molar-refractivity contribution in [3.05, 3.63) is 33.9 Å². The molecule has 2 rings (SSSR count). The summed E-state index contributed by atoms with van der Waals surface area (Å²) in [5.41, 5.74) is 0.477. The highest BCUT2D eigenvalue weighted by Gasteiger charge is 2.24. The zero-order valence-electron chi connectivity index (χ0n) is 11.6. The summed E-state index contributed by atoms with van der Waals surface area (Å²) in [7, 11) is 0. The second-order valence-corrected chi connectivity index (χ2v) is 4.83. The maximum absolute atomic E-state index is 11.8. The molecule has 0 spiro atoms. The first-order valence-corrected chi connectivity index (χ1v) is 6.67. The molecule has 1 aliphatic heterocycles. The molecule has 21 heavy (non-hydrogen) atoms. The van der Waals surface area contributed by atoms with Crippen LogP contribution in [0.15, 0.2) is 18.2 Å². The quantitative estimate of drug-likeness (QED) is 0.479. The van der Waals surface area contributed by atoms with Crippen LogP contribution in [0.2, 0.25) is 0 Å². The molecule has 110 valence electrons. The van der Waals surface area contributed by atoms with Gasteiger partial charge in [0, 0.05) is 19.2 Å². The Morgan fingerprint density at radius 3 is 2.71 bits per heavy atom. The van der Waals surface area contributed by atoms with Gasteiger partial charge < -0.3 is 9.64 Å². The molecule has 0 amide bonds. The van der Waals surface area contributed by atoms with Crippen LogP contribution in [0, 0.1) is 21.4 Å². The summed E-state index contributed by atoms with van der Waals surface area (Å²) in [6.45, 7) is 2.98. The molecule has 0 aliphatic carbocycles. The van der Waals surface area contributed by atoms with Gasteiger partial charge in [0.2, 0.25) is 0 Å². The molecule has 7 nitrogen and oxygen atoms in total. The monoisotopic (exact) mass is 289 g/mol. The lowest BCUT2D eigenvalue weighted by Gasteiger charge is -2.17. The second kappa shape index (κ2) is 6.22. The highest BCUT2D eigenvalue weighted by atomic mass is 16.6. The van der Waals surface area contributed by atoms with Crippen LogP contribution in [0.1, 0.15) is 30.1 Å². The Morgan fingerprint density at radius 1 is 1.48 bits per heavy atom. The van der Waals surface area contributed by atoms with Crippen LogP contribution in [-0.4, -0.2) is 30.1 Å². The van der Waals surface area contributed by atoms with E-state index in [2.05, 4.69) is 0 Å². The number of hydrogen-bond acceptors (Lipinski definition) is 6. The highest BCUT2D eigenvalue weighted by molar-refractivity contribution is 5.91. The van der Waals surface area contributed by atoms with E-state index in [0.717, 1.165) is 25.9 Å². The first kappa shape index (κ1) is 14.8. The Labute approximate surface area is 121 Å². The summed E-state index contributed by atoms with van der Waals surface area (Å²) in [5.74, 6) is -0.736. The number of carbonyl (C=O) groups excluding carboxylic acids is 1. The van der Waals surface area contributed by atoms with E-state index in [1.807, 2.05) is 4.90 Å². The maximum Gasteiger partial charge on any atom is 0.339 e. The third-order valence-electron chi connectivity index (χ3n) is 3.32. The number of hydrogen-bond donors (Lipinski definition) is 0. The number of esters is 1. The van der Waals surface area contributed by atoms with Crippen molar-refractivity contribution in [2.75, 3.05) is 18.0 Å². The molecule has 0 saturated carbocycles. The minimum absolute atomic E-state index is 0.0757. The fourth-order valence-electron chi connectivity index (χ4n) is 2.28. The largest absolute Gasteiger partial charge is 0.444 e. The van der Waals surface area contributed by atoms with Crippen molar-refractivity contribution in [1.29, 1.82) is 5.26 Å². The van der Waals surface area contributed by atoms with E-state index in [1.54, 1.807) is 12.1 Å². The molecule has 0 radical (unpaired) electrons. The molecule has 7 heteroatoms. The molecule has 1 aromatic rings. The Hall–Kier alpha value is -2.62. The van der Waals surface area contributed by atoms with Crippen LogP contribution >= 0.6 is 0 Å². The lowest BCUT2D eigenvalue weighted by atomic mass is 10.1. The van der Waals surface area contributed by atoms with Gasteiger partial charge in [0.25, 0.3) is 5.69 Å². The average molecular weight is 289 g/mol. The fourth-order valence-corrected chi connectivity index (χ4v) is 2.28. The van der Waals surface area contributed by atoms with Gasteiger partial charge in [-0.1, -0.05) is 0 Å². The third kappa shape index (κ3) is 3.28. The van der Waals surface area contributed by atoms with Crippen LogP contribution in [-0.2, 0) is 4.74 Å². The van der Waals surface area contributed by atoms with E-state index < -0.39 is 17.0 Å². The predicted molar refractivity (Wildman–Crippen MR) is 75.0 cm³/mol. The predicted octanol–water partition coefficient (Wildman–Crippen LogP) is 2.26. The molecule has 1 atom stereocenters. The van der Waals surface area contributed by atoms with Crippen molar-refractivity contribution in [3.63, 3.8) is 0 Å². The minimum Gasteiger partial charge on any atom is -0.444 e. The lowest BCUT2D eigenvalue weighted by molar-refractivity contribution is -0.384. The van der Waals surface area contributed by atoms with Crippen LogP contribution in [0.4, 0.5) is 11.4 Å². The molecular weight excluding hydrogens is 274 g/mol. The van der Waals surface area contributed by atoms with Gasteiger partial charge >= 0.3 is 5.97 Å². The number of rotatable bonds is 4. The first-order chi connectivity index (χ1) is 10.0. The number of benzene rings is 1. The van der Waals surface area contributed by atoms with E-state index in [4.69, 9.17) is 10.00 Å². The summed E-state index contributed by atoms with van der Waals surface area (Å²) < 4.78 is 4.85. The van der Waals surface area contributed by atoms with Crippen LogP contribution < -0.4 is 4.90 Å². The van der Waals surface area contributed by atoms with Crippen LogP contribution in [0.5, 0.6) is 0 Å². The standard InChI is InChI=1S/C14H15N3O4/c1-10(9-15)21-14(18)11-4-5-12(13(8-11)17(19)20)16-6-2-3-7-16/h4-5,8,10H,2-3,6-7H2,1H3/t10-/m0/s1. The molecule has 1 aliphatic rings. The maximum atomic E-state index is 11.8. The lowest BCUT2D eigenvalue weighted by Crippen LogP contribution is -2.19. The molecule has 0 N–H and O–H groups in total. The molecule has 0 aromatic heterocycles. The number of nitriles is 1. The summed E-state index contributed by atoms with van der Waals surface area (Å²) in [6.07, 6.45) is 1.11. The number of anilines is 1. The van der Waals surface area contributed by atoms with E-state index in [1.165, 1.54) is 19.1 Å². The van der Waals surface area contributed by atoms with Gasteiger partial charge in [-0.3, -0.25) is 10.1 Å². The fraction of sp³-hybridized carbons (Fsp3) is 0.429. The molecule has 0 bridgehead atoms. The molecule has 1 aromatic carbocycles. The topological polar surface area (TPSA) is 96.5 Å². The number of nitrogens with zero attached hydrogens (tertiary/aromatic N) is 3. The summed E-state index contributed by atoms with van der Waals surface area (Å²) in [4.78, 5) is 24.5. The van der Waals surface area contributed by atoms with E-state index in [-0.39, 0.29) is 11.3 Å². The van der Waals surface area contributed by atoms with Gasteiger partial charge in [-0.05, 0) is 31.9 Å². The van der Waals surface area contributed by atoms with Crippen molar-refractivity contribution in [2.24, 2.45) is 0 Å². The Bertz CT molecular complexity index is 603. The second-order valence-electron chi connectivity index (χ2n) is 4.83. The normalized spacial score (nSPS) is 15.3. The van der Waals surface area contributed by atoms with Crippen molar-refractivity contribution in [1.82, 2.24) is 0 Å². The highest BCUT2D eigenvalue weighted by Crippen LogP contribution is 2.31. The average Bonchev–Trinajstić information content (AvgIpc) is 3.00. The summed E-state index contributed by atoms with van der Waals surface area (Å²) >= 11 is 0. The van der Waals surface area contributed by atoms with Crippen molar-refractivity contribution >= 4 is 17.3 Å². The molecule has 1 fully saturated rings.